The Hall–Kier alpha value is -0.640. The molecular formula is C15H31NO4P+. The van der Waals surface area contributed by atoms with Crippen molar-refractivity contribution < 1.29 is 23.1 Å². The van der Waals surface area contributed by atoms with Crippen molar-refractivity contribution in [2.75, 3.05) is 47.1 Å². The molecule has 0 aromatic heterocycles. The molecule has 5 nitrogen and oxygen atoms in total. The molecule has 0 amide bonds. The third-order valence-electron chi connectivity index (χ3n) is 2.85. The summed E-state index contributed by atoms with van der Waals surface area (Å²) in [7, 11) is 4.38. The topological polar surface area (TPSA) is 52.6 Å². The average molecular weight is 320 g/mol. The van der Waals surface area contributed by atoms with Gasteiger partial charge in [0.25, 0.3) is 0 Å². The summed E-state index contributed by atoms with van der Waals surface area (Å²) in [5.74, 6) is -0.284. The predicted molar refractivity (Wildman–Crippen MR) is 87.0 cm³/mol. The van der Waals surface area contributed by atoms with Crippen molar-refractivity contribution in [3.05, 3.63) is 12.2 Å². The summed E-state index contributed by atoms with van der Waals surface area (Å²) in [6, 6.07) is 0. The van der Waals surface area contributed by atoms with E-state index in [1.807, 2.05) is 0 Å². The van der Waals surface area contributed by atoms with E-state index in [2.05, 4.69) is 21.1 Å². The van der Waals surface area contributed by atoms with E-state index in [4.69, 9.17) is 9.26 Å². The Morgan fingerprint density at radius 2 is 1.76 bits per heavy atom. The van der Waals surface area contributed by atoms with Gasteiger partial charge in [-0.05, 0) is 19.8 Å². The first-order valence-electron chi connectivity index (χ1n) is 7.60. The Morgan fingerprint density at radius 1 is 1.10 bits per heavy atom. The Morgan fingerprint density at radius 3 is 2.38 bits per heavy atom. The van der Waals surface area contributed by atoms with E-state index in [1.165, 1.54) is 6.08 Å². The van der Waals surface area contributed by atoms with Gasteiger partial charge >= 0.3 is 5.97 Å². The largest absolute Gasteiger partial charge is 0.463 e. The molecule has 0 rings (SSSR count). The summed E-state index contributed by atoms with van der Waals surface area (Å²) in [5, 5.41) is 0. The van der Waals surface area contributed by atoms with Crippen LogP contribution >= 0.6 is 8.03 Å². The summed E-state index contributed by atoms with van der Waals surface area (Å²) < 4.78 is 22.8. The minimum atomic E-state index is -1.88. The second kappa shape index (κ2) is 12.0. The number of nitrogens with zero attached hydrogens (tertiary/aromatic N) is 1. The van der Waals surface area contributed by atoms with Gasteiger partial charge in [0, 0.05) is 12.2 Å². The van der Waals surface area contributed by atoms with Gasteiger partial charge in [-0.3, -0.25) is 4.57 Å². The zero-order valence-electron chi connectivity index (χ0n) is 13.9. The Balaban J connectivity index is 3.38. The van der Waals surface area contributed by atoms with Crippen molar-refractivity contribution in [1.82, 2.24) is 0 Å². The number of likely N-dealkylation sites (N-methyl/N-ethyl adjacent to an activating group) is 1. The van der Waals surface area contributed by atoms with Gasteiger partial charge in [-0.1, -0.05) is 18.9 Å². The highest BCUT2D eigenvalue weighted by atomic mass is 31.1. The van der Waals surface area contributed by atoms with Crippen LogP contribution in [0.3, 0.4) is 0 Å². The lowest BCUT2D eigenvalue weighted by Gasteiger charge is -2.23. The van der Waals surface area contributed by atoms with Gasteiger partial charge in [0.2, 0.25) is 0 Å². The number of carbonyl (C=O) groups is 1. The Bertz CT molecular complexity index is 337. The minimum absolute atomic E-state index is 0.284. The number of carbonyl (C=O) groups excluding carboxylic acids is 1. The summed E-state index contributed by atoms with van der Waals surface area (Å²) in [6.07, 6.45) is 7.48. The summed E-state index contributed by atoms with van der Waals surface area (Å²) in [4.78, 5) is 11.0. The van der Waals surface area contributed by atoms with Gasteiger partial charge in [-0.15, -0.1) is 0 Å². The molecule has 0 saturated heterocycles. The number of allylic oxidation sites excluding steroid dienone is 1. The maximum atomic E-state index is 11.7. The lowest BCUT2D eigenvalue weighted by Crippen LogP contribution is -2.37. The van der Waals surface area contributed by atoms with Crippen molar-refractivity contribution >= 4 is 14.0 Å². The molecule has 0 saturated carbocycles. The van der Waals surface area contributed by atoms with Crippen LogP contribution in [0.2, 0.25) is 0 Å². The van der Waals surface area contributed by atoms with Gasteiger partial charge in [0.15, 0.2) is 8.03 Å². The van der Waals surface area contributed by atoms with E-state index in [9.17, 15) is 9.36 Å². The number of esters is 1. The van der Waals surface area contributed by atoms with Crippen LogP contribution in [0.25, 0.3) is 0 Å². The van der Waals surface area contributed by atoms with E-state index in [1.54, 1.807) is 13.0 Å². The lowest BCUT2D eigenvalue weighted by atomic mass is 10.2. The Kier molecular flexibility index (Phi) is 11.6. The van der Waals surface area contributed by atoms with E-state index >= 15 is 0 Å². The summed E-state index contributed by atoms with van der Waals surface area (Å²) in [5.41, 5.74) is 0. The van der Waals surface area contributed by atoms with Crippen LogP contribution in [0.5, 0.6) is 0 Å². The van der Waals surface area contributed by atoms with Crippen molar-refractivity contribution in [3.8, 4) is 0 Å². The van der Waals surface area contributed by atoms with E-state index < -0.39 is 8.03 Å². The highest BCUT2D eigenvalue weighted by Crippen LogP contribution is 2.24. The zero-order valence-corrected chi connectivity index (χ0v) is 14.9. The van der Waals surface area contributed by atoms with Crippen LogP contribution in [0.15, 0.2) is 12.2 Å². The normalized spacial score (nSPS) is 13.5. The molecule has 1 atom stereocenters. The molecule has 21 heavy (non-hydrogen) atoms. The molecule has 0 heterocycles. The zero-order chi connectivity index (χ0) is 16.1. The molecule has 0 N–H and O–H groups in total. The summed E-state index contributed by atoms with van der Waals surface area (Å²) in [6.45, 7) is 3.67. The second-order valence-electron chi connectivity index (χ2n) is 6.07. The van der Waals surface area contributed by atoms with Gasteiger partial charge in [0.05, 0.1) is 27.7 Å². The number of ether oxygens (including phenoxy) is 1. The average Bonchev–Trinajstić information content (AvgIpc) is 2.36. The molecule has 6 heteroatoms. The fourth-order valence-electron chi connectivity index (χ4n) is 1.59. The van der Waals surface area contributed by atoms with Gasteiger partial charge in [-0.2, -0.15) is 0 Å². The maximum absolute atomic E-state index is 11.7. The van der Waals surface area contributed by atoms with Gasteiger partial charge in [-0.25, -0.2) is 4.79 Å². The van der Waals surface area contributed by atoms with Gasteiger partial charge < -0.3 is 13.7 Å². The molecule has 0 radical (unpaired) electrons. The molecule has 0 aliphatic heterocycles. The maximum Gasteiger partial charge on any atom is 0.330 e. The van der Waals surface area contributed by atoms with Crippen LogP contribution in [-0.4, -0.2) is 57.5 Å². The Labute approximate surface area is 129 Å². The van der Waals surface area contributed by atoms with Crippen LogP contribution < -0.4 is 0 Å². The molecule has 0 bridgehead atoms. The minimum Gasteiger partial charge on any atom is -0.463 e. The van der Waals surface area contributed by atoms with Crippen LogP contribution in [0.1, 0.15) is 32.6 Å². The highest BCUT2D eigenvalue weighted by Gasteiger charge is 2.08. The number of hydrogen-bond donors (Lipinski definition) is 0. The third kappa shape index (κ3) is 15.6. The lowest BCUT2D eigenvalue weighted by molar-refractivity contribution is -0.870. The first-order valence-corrected chi connectivity index (χ1v) is 9.13. The van der Waals surface area contributed by atoms with Crippen molar-refractivity contribution in [1.29, 1.82) is 0 Å². The van der Waals surface area contributed by atoms with Gasteiger partial charge in [0.1, 0.15) is 13.2 Å². The molecule has 0 fully saturated rings. The number of rotatable bonds is 12. The SMILES string of the molecule is CC=CC(=O)OCCCCCC[PH](=O)OCC[N+](C)(C)C. The third-order valence-corrected chi connectivity index (χ3v) is 4.14. The highest BCUT2D eigenvalue weighted by molar-refractivity contribution is 7.39. The number of hydrogen-bond acceptors (Lipinski definition) is 4. The van der Waals surface area contributed by atoms with Crippen molar-refractivity contribution in [2.24, 2.45) is 0 Å². The standard InChI is InChI=1S/C15H31NO4P/c1-5-10-15(17)19-12-8-6-7-9-14-21(18)20-13-11-16(2,3)4/h5,10,21H,6-9,11-14H2,1-4H3/q+1. The van der Waals surface area contributed by atoms with Crippen LogP contribution in [0.4, 0.5) is 0 Å². The summed E-state index contributed by atoms with van der Waals surface area (Å²) >= 11 is 0. The molecule has 0 aromatic carbocycles. The van der Waals surface area contributed by atoms with E-state index in [-0.39, 0.29) is 5.97 Å². The predicted octanol–water partition coefficient (Wildman–Crippen LogP) is 2.86. The molecular weight excluding hydrogens is 289 g/mol. The fourth-order valence-corrected chi connectivity index (χ4v) is 2.59. The monoisotopic (exact) mass is 320 g/mol. The first kappa shape index (κ1) is 20.4. The smallest absolute Gasteiger partial charge is 0.330 e. The van der Waals surface area contributed by atoms with Crippen LogP contribution in [0, 0.1) is 0 Å². The quantitative estimate of drug-likeness (QED) is 0.182. The van der Waals surface area contributed by atoms with Crippen molar-refractivity contribution in [2.45, 2.75) is 32.6 Å². The molecule has 1 unspecified atom stereocenters. The first-order chi connectivity index (χ1) is 9.85. The number of unbranched alkanes of at least 4 members (excludes halogenated alkanes) is 3. The van der Waals surface area contributed by atoms with Crippen LogP contribution in [-0.2, 0) is 18.6 Å². The van der Waals surface area contributed by atoms with E-state index in [0.29, 0.717) is 19.4 Å². The molecule has 124 valence electrons. The molecule has 0 aliphatic carbocycles. The molecule has 0 aromatic rings. The molecule has 0 aliphatic rings. The van der Waals surface area contributed by atoms with Crippen molar-refractivity contribution in [3.63, 3.8) is 0 Å². The van der Waals surface area contributed by atoms with E-state index in [0.717, 1.165) is 36.7 Å². The number of quaternary nitrogens is 1. The fraction of sp³-hybridized carbons (Fsp3) is 0.800. The second-order valence-corrected chi connectivity index (χ2v) is 7.60. The molecule has 0 spiro atoms.